The molecule has 2 aromatic rings. The Morgan fingerprint density at radius 3 is 1.36 bits per heavy atom. The van der Waals surface area contributed by atoms with Crippen molar-refractivity contribution < 1.29 is 41.8 Å². The molecule has 2 aromatic carbocycles. The summed E-state index contributed by atoms with van der Waals surface area (Å²) in [6.45, 7) is 0. The lowest BCUT2D eigenvalue weighted by atomic mass is 9.81. The Bertz CT molecular complexity index is 1030. The van der Waals surface area contributed by atoms with Gasteiger partial charge in [-0.05, 0) is 35.4 Å². The van der Waals surface area contributed by atoms with Crippen molar-refractivity contribution in [3.63, 3.8) is 0 Å². The number of rotatable bonds is 2. The third-order valence-electron chi connectivity index (χ3n) is 4.65. The SMILES string of the molecule is NC(c1ccc2c(c1)C(=O)OC2=O)(c1ccc2c(c1)C(=O)OC2=O)C(F)(F)F. The average Bonchev–Trinajstić information content (AvgIpc) is 3.08. The van der Waals surface area contributed by atoms with Crippen molar-refractivity contribution in [2.75, 3.05) is 0 Å². The number of alkyl halides is 3. The molecular formula is C18H8F3NO6. The first-order valence-electron chi connectivity index (χ1n) is 7.71. The molecule has 28 heavy (non-hydrogen) atoms. The van der Waals surface area contributed by atoms with Crippen molar-refractivity contribution in [3.8, 4) is 0 Å². The van der Waals surface area contributed by atoms with Crippen LogP contribution in [-0.2, 0) is 15.0 Å². The number of cyclic esters (lactones) is 4. The highest BCUT2D eigenvalue weighted by Crippen LogP contribution is 2.44. The summed E-state index contributed by atoms with van der Waals surface area (Å²) in [4.78, 5) is 46.5. The Morgan fingerprint density at radius 2 is 1.00 bits per heavy atom. The zero-order chi connectivity index (χ0) is 20.4. The van der Waals surface area contributed by atoms with Gasteiger partial charge in [-0.25, -0.2) is 19.2 Å². The highest BCUT2D eigenvalue weighted by atomic mass is 19.4. The van der Waals surface area contributed by atoms with Gasteiger partial charge in [-0.2, -0.15) is 13.2 Å². The monoisotopic (exact) mass is 391 g/mol. The van der Waals surface area contributed by atoms with Gasteiger partial charge in [-0.3, -0.25) is 0 Å². The molecule has 2 aliphatic rings. The molecular weight excluding hydrogens is 383 g/mol. The van der Waals surface area contributed by atoms with Crippen molar-refractivity contribution >= 4 is 23.9 Å². The number of hydrogen-bond donors (Lipinski definition) is 1. The van der Waals surface area contributed by atoms with E-state index < -0.39 is 46.7 Å². The van der Waals surface area contributed by atoms with E-state index in [1.54, 1.807) is 0 Å². The largest absolute Gasteiger partial charge is 0.414 e. The van der Waals surface area contributed by atoms with Crippen LogP contribution in [0.1, 0.15) is 52.6 Å². The van der Waals surface area contributed by atoms with Gasteiger partial charge in [0.05, 0.1) is 22.3 Å². The molecule has 2 aliphatic heterocycles. The highest BCUT2D eigenvalue weighted by Gasteiger charge is 2.55. The van der Waals surface area contributed by atoms with E-state index in [0.29, 0.717) is 0 Å². The van der Waals surface area contributed by atoms with E-state index >= 15 is 0 Å². The Morgan fingerprint density at radius 1 is 0.643 bits per heavy atom. The maximum atomic E-state index is 14.0. The van der Waals surface area contributed by atoms with Crippen molar-refractivity contribution in [3.05, 3.63) is 69.8 Å². The number of fused-ring (bicyclic) bond motifs is 2. The smallest absolute Gasteiger partial charge is 0.386 e. The quantitative estimate of drug-likeness (QED) is 0.616. The molecule has 0 bridgehead atoms. The molecule has 4 rings (SSSR count). The highest BCUT2D eigenvalue weighted by molar-refractivity contribution is 6.15. The van der Waals surface area contributed by atoms with Crippen LogP contribution in [0.4, 0.5) is 13.2 Å². The number of carbonyl (C=O) groups excluding carboxylic acids is 4. The van der Waals surface area contributed by atoms with E-state index in [0.717, 1.165) is 36.4 Å². The number of ether oxygens (including phenoxy) is 2. The number of carbonyl (C=O) groups is 4. The number of halogens is 3. The third-order valence-corrected chi connectivity index (χ3v) is 4.65. The van der Waals surface area contributed by atoms with Gasteiger partial charge in [0.1, 0.15) is 0 Å². The van der Waals surface area contributed by atoms with Crippen LogP contribution < -0.4 is 5.73 Å². The molecule has 0 atom stereocenters. The van der Waals surface area contributed by atoms with Crippen LogP contribution in [0, 0.1) is 0 Å². The summed E-state index contributed by atoms with van der Waals surface area (Å²) < 4.78 is 50.9. The van der Waals surface area contributed by atoms with E-state index in [9.17, 15) is 32.3 Å². The summed E-state index contributed by atoms with van der Waals surface area (Å²) in [6, 6.07) is 5.57. The van der Waals surface area contributed by atoms with Crippen LogP contribution in [0.5, 0.6) is 0 Å². The van der Waals surface area contributed by atoms with E-state index in [2.05, 4.69) is 9.47 Å². The van der Waals surface area contributed by atoms with Crippen LogP contribution in [0.15, 0.2) is 36.4 Å². The summed E-state index contributed by atoms with van der Waals surface area (Å²) in [5.74, 6) is -4.12. The summed E-state index contributed by atoms with van der Waals surface area (Å²) in [7, 11) is 0. The van der Waals surface area contributed by atoms with E-state index in [4.69, 9.17) is 5.73 Å². The van der Waals surface area contributed by atoms with Crippen molar-refractivity contribution in [1.29, 1.82) is 0 Å². The van der Waals surface area contributed by atoms with Crippen LogP contribution in [-0.4, -0.2) is 30.1 Å². The van der Waals surface area contributed by atoms with Gasteiger partial charge in [-0.15, -0.1) is 0 Å². The lowest BCUT2D eigenvalue weighted by Crippen LogP contribution is -2.51. The lowest BCUT2D eigenvalue weighted by molar-refractivity contribution is -0.176. The first-order chi connectivity index (χ1) is 13.0. The normalized spacial score (nSPS) is 16.0. The van der Waals surface area contributed by atoms with Gasteiger partial charge >= 0.3 is 30.1 Å². The molecule has 0 saturated carbocycles. The summed E-state index contributed by atoms with van der Waals surface area (Å²) in [5.41, 5.74) is 0.460. The maximum absolute atomic E-state index is 14.0. The van der Waals surface area contributed by atoms with Gasteiger partial charge in [0.2, 0.25) is 0 Å². The predicted molar refractivity (Wildman–Crippen MR) is 83.4 cm³/mol. The third kappa shape index (κ3) is 2.28. The molecule has 2 N–H and O–H groups in total. The fraction of sp³-hybridized carbons (Fsp3) is 0.111. The molecule has 0 amide bonds. The van der Waals surface area contributed by atoms with Crippen molar-refractivity contribution in [1.82, 2.24) is 0 Å². The molecule has 10 heteroatoms. The zero-order valence-electron chi connectivity index (χ0n) is 13.6. The Hall–Kier alpha value is -3.53. The fourth-order valence-corrected chi connectivity index (χ4v) is 3.16. The zero-order valence-corrected chi connectivity index (χ0v) is 13.6. The Labute approximate surface area is 153 Å². The summed E-state index contributed by atoms with van der Waals surface area (Å²) >= 11 is 0. The van der Waals surface area contributed by atoms with Gasteiger partial charge in [0.25, 0.3) is 0 Å². The van der Waals surface area contributed by atoms with Crippen LogP contribution >= 0.6 is 0 Å². The van der Waals surface area contributed by atoms with E-state index in [1.165, 1.54) is 0 Å². The number of hydrogen-bond acceptors (Lipinski definition) is 7. The molecule has 0 aromatic heterocycles. The molecule has 0 saturated heterocycles. The van der Waals surface area contributed by atoms with Crippen molar-refractivity contribution in [2.45, 2.75) is 11.7 Å². The van der Waals surface area contributed by atoms with Gasteiger partial charge in [0.15, 0.2) is 5.54 Å². The predicted octanol–water partition coefficient (Wildman–Crippen LogP) is 2.07. The minimum atomic E-state index is -5.06. The number of esters is 4. The van der Waals surface area contributed by atoms with E-state index in [-0.39, 0.29) is 22.3 Å². The molecule has 7 nitrogen and oxygen atoms in total. The van der Waals surface area contributed by atoms with E-state index in [1.807, 2.05) is 0 Å². The average molecular weight is 391 g/mol. The fourth-order valence-electron chi connectivity index (χ4n) is 3.16. The second-order valence-electron chi connectivity index (χ2n) is 6.18. The number of benzene rings is 2. The molecule has 0 unspecified atom stereocenters. The Kier molecular flexibility index (Phi) is 3.50. The minimum absolute atomic E-state index is 0.179. The molecule has 0 fully saturated rings. The molecule has 2 heterocycles. The number of nitrogens with two attached hydrogens (primary N) is 1. The Balaban J connectivity index is 1.93. The second kappa shape index (κ2) is 5.49. The first kappa shape index (κ1) is 17.9. The van der Waals surface area contributed by atoms with Crippen LogP contribution in [0.25, 0.3) is 0 Å². The van der Waals surface area contributed by atoms with Crippen LogP contribution in [0.2, 0.25) is 0 Å². The summed E-state index contributed by atoms with van der Waals surface area (Å²) in [5, 5.41) is 0. The summed E-state index contributed by atoms with van der Waals surface area (Å²) in [6.07, 6.45) is -5.06. The first-order valence-corrected chi connectivity index (χ1v) is 7.71. The lowest BCUT2D eigenvalue weighted by Gasteiger charge is -2.33. The minimum Gasteiger partial charge on any atom is -0.386 e. The molecule has 0 aliphatic carbocycles. The topological polar surface area (TPSA) is 113 Å². The second-order valence-corrected chi connectivity index (χ2v) is 6.18. The van der Waals surface area contributed by atoms with Crippen molar-refractivity contribution in [2.24, 2.45) is 5.73 Å². The molecule has 0 spiro atoms. The van der Waals surface area contributed by atoms with Crippen LogP contribution in [0.3, 0.4) is 0 Å². The van der Waals surface area contributed by atoms with Gasteiger partial charge < -0.3 is 15.2 Å². The molecule has 0 radical (unpaired) electrons. The van der Waals surface area contributed by atoms with Gasteiger partial charge in [0, 0.05) is 0 Å². The maximum Gasteiger partial charge on any atom is 0.414 e. The van der Waals surface area contributed by atoms with Gasteiger partial charge in [-0.1, -0.05) is 12.1 Å². The standard InChI is InChI=1S/C18H8F3NO6/c19-18(20,21)17(22,7-1-3-9-11(5-7)15(25)27-13(9)23)8-2-4-10-12(6-8)16(26)28-14(10)24/h1-6H,22H2. The molecule has 142 valence electrons.